The van der Waals surface area contributed by atoms with Crippen LogP contribution in [0, 0.1) is 5.82 Å². The Bertz CT molecular complexity index is 381. The highest BCUT2D eigenvalue weighted by atomic mass is 35.5. The Morgan fingerprint density at radius 2 is 2.31 bits per heavy atom. The number of carbonyl (C=O) groups is 1. The predicted octanol–water partition coefficient (Wildman–Crippen LogP) is 2.68. The van der Waals surface area contributed by atoms with Crippen LogP contribution in [0.4, 0.5) is 4.39 Å². The van der Waals surface area contributed by atoms with Crippen LogP contribution in [0.3, 0.4) is 0 Å². The van der Waals surface area contributed by atoms with E-state index in [1.165, 1.54) is 25.3 Å². The maximum atomic E-state index is 13.4. The van der Waals surface area contributed by atoms with Crippen LogP contribution in [0.15, 0.2) is 18.2 Å². The van der Waals surface area contributed by atoms with Gasteiger partial charge in [-0.25, -0.2) is 4.39 Å². The van der Waals surface area contributed by atoms with Crippen molar-refractivity contribution in [3.05, 3.63) is 34.6 Å². The van der Waals surface area contributed by atoms with Gasteiger partial charge in [0.1, 0.15) is 5.82 Å². The number of rotatable bonds is 5. The van der Waals surface area contributed by atoms with E-state index in [0.29, 0.717) is 5.02 Å². The molecule has 0 aliphatic carbocycles. The van der Waals surface area contributed by atoms with Crippen LogP contribution in [0.25, 0.3) is 0 Å². The van der Waals surface area contributed by atoms with Gasteiger partial charge in [-0.15, -0.1) is 0 Å². The second-order valence-corrected chi connectivity index (χ2v) is 3.77. The van der Waals surface area contributed by atoms with E-state index in [1.807, 2.05) is 0 Å². The molecule has 1 rings (SSSR count). The third-order valence-corrected chi connectivity index (χ3v) is 2.48. The smallest absolute Gasteiger partial charge is 0.311 e. The number of aliphatic carboxylic acids is 1. The first-order valence-electron chi connectivity index (χ1n) is 4.73. The minimum Gasteiger partial charge on any atom is -0.481 e. The lowest BCUT2D eigenvalue weighted by Gasteiger charge is -2.13. The highest BCUT2D eigenvalue weighted by Crippen LogP contribution is 2.26. The highest BCUT2D eigenvalue weighted by Gasteiger charge is 2.23. The van der Waals surface area contributed by atoms with Crippen molar-refractivity contribution in [1.29, 1.82) is 0 Å². The maximum Gasteiger partial charge on any atom is 0.311 e. The number of carboxylic acids is 1. The topological polar surface area (TPSA) is 46.5 Å². The Balaban J connectivity index is 3.00. The van der Waals surface area contributed by atoms with E-state index < -0.39 is 17.7 Å². The molecule has 0 aliphatic heterocycles. The van der Waals surface area contributed by atoms with Gasteiger partial charge in [0.05, 0.1) is 5.92 Å². The molecule has 0 aromatic heterocycles. The van der Waals surface area contributed by atoms with Crippen molar-refractivity contribution in [3.8, 4) is 0 Å². The van der Waals surface area contributed by atoms with Crippen molar-refractivity contribution >= 4 is 17.6 Å². The fraction of sp³-hybridized carbons (Fsp3) is 0.364. The zero-order valence-corrected chi connectivity index (χ0v) is 9.50. The van der Waals surface area contributed by atoms with Crippen molar-refractivity contribution in [2.45, 2.75) is 12.3 Å². The minimum atomic E-state index is -1.08. The van der Waals surface area contributed by atoms with Crippen LogP contribution in [0.2, 0.25) is 5.02 Å². The van der Waals surface area contributed by atoms with E-state index in [1.54, 1.807) is 0 Å². The zero-order valence-electron chi connectivity index (χ0n) is 8.74. The first-order valence-corrected chi connectivity index (χ1v) is 5.10. The summed E-state index contributed by atoms with van der Waals surface area (Å²) in [5.74, 6) is -2.58. The summed E-state index contributed by atoms with van der Waals surface area (Å²) in [6, 6.07) is 3.89. The van der Waals surface area contributed by atoms with E-state index in [-0.39, 0.29) is 18.6 Å². The molecule has 0 bridgehead atoms. The molecule has 1 N–H and O–H groups in total. The molecule has 0 saturated carbocycles. The van der Waals surface area contributed by atoms with Gasteiger partial charge in [0.2, 0.25) is 0 Å². The normalized spacial score (nSPS) is 12.4. The minimum absolute atomic E-state index is 0.0945. The molecule has 0 spiro atoms. The van der Waals surface area contributed by atoms with Gasteiger partial charge in [0.15, 0.2) is 0 Å². The average Bonchev–Trinajstić information content (AvgIpc) is 2.23. The summed E-state index contributed by atoms with van der Waals surface area (Å²) in [4.78, 5) is 11.0. The van der Waals surface area contributed by atoms with Gasteiger partial charge in [-0.1, -0.05) is 11.6 Å². The van der Waals surface area contributed by atoms with Gasteiger partial charge in [-0.3, -0.25) is 4.79 Å². The summed E-state index contributed by atoms with van der Waals surface area (Å²) in [6.07, 6.45) is 0.211. The van der Waals surface area contributed by atoms with E-state index in [9.17, 15) is 9.18 Å². The van der Waals surface area contributed by atoms with Crippen molar-refractivity contribution in [3.63, 3.8) is 0 Å². The summed E-state index contributed by atoms with van der Waals surface area (Å²) in [5.41, 5.74) is 0.0945. The number of methoxy groups -OCH3 is 1. The molecule has 16 heavy (non-hydrogen) atoms. The number of carboxylic acid groups (broad SMARTS) is 1. The lowest BCUT2D eigenvalue weighted by atomic mass is 9.96. The quantitative estimate of drug-likeness (QED) is 0.869. The molecule has 1 aromatic rings. The van der Waals surface area contributed by atoms with Gasteiger partial charge in [0.25, 0.3) is 0 Å². The monoisotopic (exact) mass is 246 g/mol. The van der Waals surface area contributed by atoms with Gasteiger partial charge in [-0.2, -0.15) is 0 Å². The Morgan fingerprint density at radius 1 is 1.62 bits per heavy atom. The third kappa shape index (κ3) is 3.18. The molecule has 0 saturated heterocycles. The van der Waals surface area contributed by atoms with Gasteiger partial charge < -0.3 is 9.84 Å². The molecule has 0 fully saturated rings. The zero-order chi connectivity index (χ0) is 12.1. The van der Waals surface area contributed by atoms with Gasteiger partial charge >= 0.3 is 5.97 Å². The fourth-order valence-corrected chi connectivity index (χ4v) is 1.61. The number of halogens is 2. The SMILES string of the molecule is COCCC(C(=O)O)c1cc(Cl)ccc1F. The van der Waals surface area contributed by atoms with Crippen molar-refractivity contribution < 1.29 is 19.0 Å². The Hall–Kier alpha value is -1.13. The second kappa shape index (κ2) is 5.82. The van der Waals surface area contributed by atoms with Crippen LogP contribution in [-0.4, -0.2) is 24.8 Å². The highest BCUT2D eigenvalue weighted by molar-refractivity contribution is 6.30. The van der Waals surface area contributed by atoms with Crippen LogP contribution in [0.5, 0.6) is 0 Å². The number of ether oxygens (including phenoxy) is 1. The number of benzene rings is 1. The summed E-state index contributed by atoms with van der Waals surface area (Å²) in [6.45, 7) is 0.253. The lowest BCUT2D eigenvalue weighted by Crippen LogP contribution is -2.15. The first kappa shape index (κ1) is 12.9. The van der Waals surface area contributed by atoms with Crippen LogP contribution < -0.4 is 0 Å². The molecule has 1 atom stereocenters. The Labute approximate surface area is 97.8 Å². The molecule has 0 aliphatic rings. The van der Waals surface area contributed by atoms with E-state index in [4.69, 9.17) is 21.4 Å². The molecular formula is C11H12ClFO3. The van der Waals surface area contributed by atoms with Gasteiger partial charge in [0, 0.05) is 24.3 Å². The molecule has 0 heterocycles. The molecule has 1 aromatic carbocycles. The summed E-state index contributed by atoms with van der Waals surface area (Å²) in [5, 5.41) is 9.32. The molecule has 3 nitrogen and oxygen atoms in total. The molecule has 0 radical (unpaired) electrons. The average molecular weight is 247 g/mol. The van der Waals surface area contributed by atoms with Crippen LogP contribution in [0.1, 0.15) is 17.9 Å². The molecular weight excluding hydrogens is 235 g/mol. The van der Waals surface area contributed by atoms with Crippen LogP contribution in [-0.2, 0) is 9.53 Å². The lowest BCUT2D eigenvalue weighted by molar-refractivity contribution is -0.139. The molecule has 88 valence electrons. The Kier molecular flexibility index (Phi) is 4.71. The van der Waals surface area contributed by atoms with E-state index in [2.05, 4.69) is 0 Å². The van der Waals surface area contributed by atoms with Crippen molar-refractivity contribution in [2.75, 3.05) is 13.7 Å². The first-order chi connectivity index (χ1) is 7.56. The number of hydrogen-bond acceptors (Lipinski definition) is 2. The maximum absolute atomic E-state index is 13.4. The fourth-order valence-electron chi connectivity index (χ4n) is 1.43. The molecule has 1 unspecified atom stereocenters. The predicted molar refractivity (Wildman–Crippen MR) is 58.3 cm³/mol. The van der Waals surface area contributed by atoms with Crippen molar-refractivity contribution in [1.82, 2.24) is 0 Å². The molecule has 0 amide bonds. The summed E-state index contributed by atoms with van der Waals surface area (Å²) in [7, 11) is 1.47. The summed E-state index contributed by atoms with van der Waals surface area (Å²) < 4.78 is 18.2. The van der Waals surface area contributed by atoms with E-state index >= 15 is 0 Å². The third-order valence-electron chi connectivity index (χ3n) is 2.24. The van der Waals surface area contributed by atoms with Gasteiger partial charge in [-0.05, 0) is 24.6 Å². The van der Waals surface area contributed by atoms with Crippen LogP contribution >= 0.6 is 11.6 Å². The Morgan fingerprint density at radius 3 is 2.88 bits per heavy atom. The standard InChI is InChI=1S/C11H12ClFO3/c1-16-5-4-8(11(14)15)9-6-7(12)2-3-10(9)13/h2-3,6,8H,4-5H2,1H3,(H,14,15). The molecule has 5 heteroatoms. The number of hydrogen-bond donors (Lipinski definition) is 1. The van der Waals surface area contributed by atoms with Crippen molar-refractivity contribution in [2.24, 2.45) is 0 Å². The second-order valence-electron chi connectivity index (χ2n) is 3.34. The van der Waals surface area contributed by atoms with E-state index in [0.717, 1.165) is 0 Å². The largest absolute Gasteiger partial charge is 0.481 e. The summed E-state index contributed by atoms with van der Waals surface area (Å²) >= 11 is 5.71.